The molecule has 1 aliphatic rings. The molecule has 2 aromatic rings. The second kappa shape index (κ2) is 4.78. The topological polar surface area (TPSA) is 43.6 Å². The number of ether oxygens (including phenoxy) is 2. The van der Waals surface area contributed by atoms with E-state index >= 15 is 0 Å². The van der Waals surface area contributed by atoms with E-state index < -0.39 is 0 Å². The monoisotopic (exact) mass is 261 g/mol. The predicted molar refractivity (Wildman–Crippen MR) is 73.8 cm³/mol. The summed E-state index contributed by atoms with van der Waals surface area (Å²) < 4.78 is 16.8. The molecule has 0 fully saturated rings. The molecule has 4 nitrogen and oxygen atoms in total. The van der Waals surface area contributed by atoms with Crippen molar-refractivity contribution in [1.29, 1.82) is 0 Å². The number of hydrogen-bond donors (Lipinski definition) is 1. The minimum atomic E-state index is 0.212. The van der Waals surface area contributed by atoms with E-state index in [1.54, 1.807) is 0 Å². The zero-order valence-corrected chi connectivity index (χ0v) is 11.6. The van der Waals surface area contributed by atoms with E-state index in [1.807, 2.05) is 12.1 Å². The maximum absolute atomic E-state index is 5.98. The van der Waals surface area contributed by atoms with Gasteiger partial charge in [-0.25, -0.2) is 0 Å². The molecule has 102 valence electrons. The summed E-state index contributed by atoms with van der Waals surface area (Å²) in [5.74, 6) is 2.56. The van der Waals surface area contributed by atoms with Gasteiger partial charge in [-0.05, 0) is 32.9 Å². The van der Waals surface area contributed by atoms with E-state index in [9.17, 15) is 0 Å². The largest absolute Gasteiger partial charge is 0.459 e. The molecule has 3 rings (SSSR count). The Morgan fingerprint density at radius 2 is 2.00 bits per heavy atom. The van der Waals surface area contributed by atoms with Gasteiger partial charge in [0.1, 0.15) is 11.3 Å². The summed E-state index contributed by atoms with van der Waals surface area (Å²) in [6, 6.07) is 4.14. The van der Waals surface area contributed by atoms with Gasteiger partial charge in [-0.3, -0.25) is 0 Å². The highest BCUT2D eigenvalue weighted by atomic mass is 16.7. The van der Waals surface area contributed by atoms with E-state index in [2.05, 4.69) is 26.1 Å². The van der Waals surface area contributed by atoms with Crippen LogP contribution in [-0.4, -0.2) is 13.3 Å². The lowest BCUT2D eigenvalue weighted by Crippen LogP contribution is -2.19. The summed E-state index contributed by atoms with van der Waals surface area (Å²) in [6.07, 6.45) is 1.11. The average molecular weight is 261 g/mol. The van der Waals surface area contributed by atoms with Crippen molar-refractivity contribution in [2.75, 3.05) is 13.3 Å². The summed E-state index contributed by atoms with van der Waals surface area (Å²) in [6.45, 7) is 7.65. The molecule has 0 aliphatic carbocycles. The number of rotatable bonds is 4. The Balaban J connectivity index is 2.01. The van der Waals surface area contributed by atoms with Crippen LogP contribution in [0.15, 0.2) is 16.5 Å². The van der Waals surface area contributed by atoms with Crippen molar-refractivity contribution in [2.45, 2.75) is 33.2 Å². The van der Waals surface area contributed by atoms with E-state index in [0.717, 1.165) is 41.2 Å². The minimum absolute atomic E-state index is 0.212. The third kappa shape index (κ3) is 2.06. The smallest absolute Gasteiger partial charge is 0.231 e. The fourth-order valence-electron chi connectivity index (χ4n) is 2.50. The summed E-state index contributed by atoms with van der Waals surface area (Å²) in [7, 11) is 0. The van der Waals surface area contributed by atoms with Gasteiger partial charge >= 0.3 is 0 Å². The first-order chi connectivity index (χ1) is 9.20. The molecule has 1 aromatic carbocycles. The van der Waals surface area contributed by atoms with Crippen molar-refractivity contribution >= 4 is 11.0 Å². The van der Waals surface area contributed by atoms with Crippen LogP contribution in [0.2, 0.25) is 0 Å². The number of fused-ring (bicyclic) bond motifs is 2. The van der Waals surface area contributed by atoms with Gasteiger partial charge in [0.15, 0.2) is 11.5 Å². The Morgan fingerprint density at radius 1 is 1.26 bits per heavy atom. The highest BCUT2D eigenvalue weighted by Crippen LogP contribution is 2.39. The molecule has 0 amide bonds. The van der Waals surface area contributed by atoms with E-state index in [-0.39, 0.29) is 6.04 Å². The van der Waals surface area contributed by atoms with Crippen LogP contribution in [0, 0.1) is 6.92 Å². The fraction of sp³-hybridized carbons (Fsp3) is 0.467. The molecule has 2 heterocycles. The lowest BCUT2D eigenvalue weighted by atomic mass is 10.1. The van der Waals surface area contributed by atoms with Crippen molar-refractivity contribution < 1.29 is 13.9 Å². The van der Waals surface area contributed by atoms with Crippen molar-refractivity contribution in [3.05, 3.63) is 23.5 Å². The van der Waals surface area contributed by atoms with Gasteiger partial charge in [-0.2, -0.15) is 0 Å². The average Bonchev–Trinajstić information content (AvgIpc) is 2.98. The van der Waals surface area contributed by atoms with Gasteiger partial charge < -0.3 is 19.2 Å². The van der Waals surface area contributed by atoms with Crippen LogP contribution >= 0.6 is 0 Å². The summed E-state index contributed by atoms with van der Waals surface area (Å²) >= 11 is 0. The first kappa shape index (κ1) is 12.4. The maximum atomic E-state index is 5.98. The molecule has 1 atom stereocenters. The molecular weight excluding hydrogens is 242 g/mol. The van der Waals surface area contributed by atoms with Crippen LogP contribution in [0.5, 0.6) is 11.5 Å². The van der Waals surface area contributed by atoms with E-state index in [1.165, 1.54) is 5.56 Å². The zero-order chi connectivity index (χ0) is 13.4. The van der Waals surface area contributed by atoms with Gasteiger partial charge in [-0.1, -0.05) is 6.92 Å². The van der Waals surface area contributed by atoms with Crippen LogP contribution in [-0.2, 0) is 0 Å². The van der Waals surface area contributed by atoms with Gasteiger partial charge in [0, 0.05) is 17.0 Å². The molecule has 1 unspecified atom stereocenters. The number of nitrogens with one attached hydrogen (secondary N) is 1. The number of benzene rings is 1. The molecular formula is C15H19NO3. The summed E-state index contributed by atoms with van der Waals surface area (Å²) in [4.78, 5) is 0. The predicted octanol–water partition coefficient (Wildman–Crippen LogP) is 3.53. The molecule has 0 spiro atoms. The van der Waals surface area contributed by atoms with E-state index in [4.69, 9.17) is 13.9 Å². The Morgan fingerprint density at radius 3 is 2.74 bits per heavy atom. The Bertz CT molecular complexity index is 603. The molecule has 0 saturated heterocycles. The number of hydrogen-bond acceptors (Lipinski definition) is 4. The molecule has 19 heavy (non-hydrogen) atoms. The number of aryl methyl sites for hydroxylation is 1. The van der Waals surface area contributed by atoms with Crippen molar-refractivity contribution in [3.8, 4) is 11.5 Å². The quantitative estimate of drug-likeness (QED) is 0.914. The Labute approximate surface area is 112 Å². The fourth-order valence-corrected chi connectivity index (χ4v) is 2.50. The van der Waals surface area contributed by atoms with Gasteiger partial charge in [-0.15, -0.1) is 0 Å². The minimum Gasteiger partial charge on any atom is -0.459 e. The molecule has 1 aliphatic heterocycles. The molecule has 1 aromatic heterocycles. The number of furan rings is 1. The van der Waals surface area contributed by atoms with Gasteiger partial charge in [0.25, 0.3) is 0 Å². The SMILES string of the molecule is CCCNC(C)c1oc2cc3c(cc2c1C)OCO3. The second-order valence-corrected chi connectivity index (χ2v) is 4.97. The molecule has 0 radical (unpaired) electrons. The third-order valence-corrected chi connectivity index (χ3v) is 3.56. The van der Waals surface area contributed by atoms with Crippen molar-refractivity contribution in [1.82, 2.24) is 5.32 Å². The summed E-state index contributed by atoms with van der Waals surface area (Å²) in [5.41, 5.74) is 2.03. The molecule has 0 bridgehead atoms. The normalized spacial score (nSPS) is 15.1. The van der Waals surface area contributed by atoms with Gasteiger partial charge in [0.05, 0.1) is 6.04 Å². The molecule has 4 heteroatoms. The van der Waals surface area contributed by atoms with Crippen LogP contribution in [0.25, 0.3) is 11.0 Å². The first-order valence-electron chi connectivity index (χ1n) is 6.76. The molecule has 1 N–H and O–H groups in total. The van der Waals surface area contributed by atoms with Crippen LogP contribution in [0.1, 0.15) is 37.6 Å². The molecule has 0 saturated carbocycles. The van der Waals surface area contributed by atoms with Gasteiger partial charge in [0.2, 0.25) is 6.79 Å². The second-order valence-electron chi connectivity index (χ2n) is 4.97. The van der Waals surface area contributed by atoms with Crippen molar-refractivity contribution in [2.24, 2.45) is 0 Å². The highest BCUT2D eigenvalue weighted by Gasteiger charge is 2.21. The van der Waals surface area contributed by atoms with E-state index in [0.29, 0.717) is 6.79 Å². The van der Waals surface area contributed by atoms with Crippen LogP contribution < -0.4 is 14.8 Å². The van der Waals surface area contributed by atoms with Crippen molar-refractivity contribution in [3.63, 3.8) is 0 Å². The Kier molecular flexibility index (Phi) is 3.11. The van der Waals surface area contributed by atoms with Crippen LogP contribution in [0.4, 0.5) is 0 Å². The standard InChI is InChI=1S/C15H19NO3/c1-4-5-16-10(3)15-9(2)11-6-13-14(18-8-17-13)7-12(11)19-15/h6-7,10,16H,4-5,8H2,1-3H3. The lowest BCUT2D eigenvalue weighted by molar-refractivity contribution is 0.174. The van der Waals surface area contributed by atoms with Crippen LogP contribution in [0.3, 0.4) is 0 Å². The third-order valence-electron chi connectivity index (χ3n) is 3.56. The lowest BCUT2D eigenvalue weighted by Gasteiger charge is -2.11. The first-order valence-corrected chi connectivity index (χ1v) is 6.76. The highest BCUT2D eigenvalue weighted by molar-refractivity contribution is 5.86. The summed E-state index contributed by atoms with van der Waals surface area (Å²) in [5, 5.41) is 4.55. The zero-order valence-electron chi connectivity index (χ0n) is 11.6. The Hall–Kier alpha value is -1.68. The maximum Gasteiger partial charge on any atom is 0.231 e.